The highest BCUT2D eigenvalue weighted by Crippen LogP contribution is 2.50. The summed E-state index contributed by atoms with van der Waals surface area (Å²) < 4.78 is 12.7. The Bertz CT molecular complexity index is 1370. The third-order valence-corrected chi connectivity index (χ3v) is 8.35. The smallest absolute Gasteiger partial charge is 0.296 e. The molecule has 3 heterocycles. The van der Waals surface area contributed by atoms with Crippen LogP contribution >= 0.6 is 22.9 Å². The van der Waals surface area contributed by atoms with Crippen molar-refractivity contribution in [2.24, 2.45) is 5.92 Å². The Morgan fingerprint density at radius 3 is 2.85 bits per heavy atom. The number of alkyl halides is 1. The summed E-state index contributed by atoms with van der Waals surface area (Å²) in [6.45, 7) is 2.03. The number of ether oxygens (including phenoxy) is 2. The second kappa shape index (κ2) is 8.10. The Hall–Kier alpha value is -2.90. The normalized spacial score (nSPS) is 26.5. The van der Waals surface area contributed by atoms with Crippen LogP contribution in [-0.4, -0.2) is 35.3 Å². The molecular formula is C26H23ClN2O4S. The van der Waals surface area contributed by atoms with E-state index < -0.39 is 6.04 Å². The number of anilines is 1. The number of hydrogen-bond acceptors (Lipinski definition) is 6. The van der Waals surface area contributed by atoms with Gasteiger partial charge in [-0.1, -0.05) is 29.5 Å². The number of methoxy groups -OCH3 is 1. The zero-order valence-electron chi connectivity index (χ0n) is 18.8. The molecule has 1 saturated carbocycles. The van der Waals surface area contributed by atoms with Gasteiger partial charge in [-0.3, -0.25) is 14.5 Å². The van der Waals surface area contributed by atoms with Crippen molar-refractivity contribution in [1.82, 2.24) is 4.98 Å². The van der Waals surface area contributed by atoms with E-state index in [4.69, 9.17) is 26.1 Å². The lowest BCUT2D eigenvalue weighted by molar-refractivity contribution is -0.131. The number of aryl methyl sites for hydroxylation is 1. The van der Waals surface area contributed by atoms with Gasteiger partial charge in [0.25, 0.3) is 5.91 Å². The van der Waals surface area contributed by atoms with Crippen LogP contribution in [0.4, 0.5) is 5.13 Å². The van der Waals surface area contributed by atoms with Crippen molar-refractivity contribution in [3.05, 3.63) is 64.9 Å². The van der Waals surface area contributed by atoms with E-state index in [0.717, 1.165) is 27.8 Å². The molecule has 0 radical (unpaired) electrons. The van der Waals surface area contributed by atoms with Gasteiger partial charge in [-0.05, 0) is 61.6 Å². The number of ketones is 1. The first kappa shape index (κ1) is 21.6. The number of fused-ring (bicyclic) bond motifs is 2. The molecule has 0 saturated heterocycles. The molecule has 2 aliphatic heterocycles. The molecule has 1 amide bonds. The van der Waals surface area contributed by atoms with Crippen LogP contribution in [-0.2, 0) is 14.3 Å². The lowest BCUT2D eigenvalue weighted by atomic mass is 9.77. The van der Waals surface area contributed by atoms with Crippen LogP contribution in [0.1, 0.15) is 36.4 Å². The number of Topliss-reactive ketones (excluding diaryl/α,β-unsaturated/α-hetero) is 1. The average Bonchev–Trinajstić information content (AvgIpc) is 3.38. The summed E-state index contributed by atoms with van der Waals surface area (Å²) in [5.41, 5.74) is 3.12. The average molecular weight is 495 g/mol. The van der Waals surface area contributed by atoms with Crippen LogP contribution in [0.3, 0.4) is 0 Å². The maximum absolute atomic E-state index is 13.8. The van der Waals surface area contributed by atoms with Crippen molar-refractivity contribution >= 4 is 50.0 Å². The van der Waals surface area contributed by atoms with Gasteiger partial charge in [0.1, 0.15) is 11.9 Å². The summed E-state index contributed by atoms with van der Waals surface area (Å²) in [5, 5.41) is 0.481. The minimum atomic E-state index is -0.636. The number of halogens is 1. The van der Waals surface area contributed by atoms with Crippen LogP contribution in [0, 0.1) is 12.8 Å². The molecule has 4 atom stereocenters. The van der Waals surface area contributed by atoms with Gasteiger partial charge >= 0.3 is 0 Å². The molecule has 2 aromatic carbocycles. The molecule has 3 aliphatic rings. The second-order valence-corrected chi connectivity index (χ2v) is 10.7. The van der Waals surface area contributed by atoms with Gasteiger partial charge in [0, 0.05) is 5.38 Å². The molecule has 0 bridgehead atoms. The van der Waals surface area contributed by atoms with E-state index in [1.807, 2.05) is 43.3 Å². The molecule has 1 fully saturated rings. The minimum Gasteiger partial charge on any atom is -0.497 e. The highest BCUT2D eigenvalue weighted by Gasteiger charge is 2.53. The van der Waals surface area contributed by atoms with E-state index in [1.54, 1.807) is 12.0 Å². The van der Waals surface area contributed by atoms with Gasteiger partial charge in [-0.25, -0.2) is 4.98 Å². The van der Waals surface area contributed by atoms with Crippen molar-refractivity contribution in [1.29, 1.82) is 0 Å². The number of carbonyl (C=O) groups excluding carboxylic acids is 2. The molecule has 6 rings (SSSR count). The zero-order valence-corrected chi connectivity index (χ0v) is 20.4. The third-order valence-electron chi connectivity index (χ3n) is 6.93. The van der Waals surface area contributed by atoms with Crippen LogP contribution < -0.4 is 9.64 Å². The highest BCUT2D eigenvalue weighted by molar-refractivity contribution is 7.22. The monoisotopic (exact) mass is 494 g/mol. The van der Waals surface area contributed by atoms with Gasteiger partial charge in [0.05, 0.1) is 34.9 Å². The van der Waals surface area contributed by atoms with E-state index in [-0.39, 0.29) is 34.8 Å². The van der Waals surface area contributed by atoms with Crippen LogP contribution in [0.15, 0.2) is 53.8 Å². The maximum Gasteiger partial charge on any atom is 0.296 e. The standard InChI is InChI=1S/C26H23ClN2O4S/c1-13-6-8-18-20(10-13)34-26(28-18)29-22(14-4-3-5-16(11-14)32-2)21-23(30)17-12-15(27)7-9-19(17)33-24(21)25(29)31/h3-6,8,10-11,15,17,19,22H,7,9,12H2,1-2H3. The molecule has 6 nitrogen and oxygen atoms in total. The number of benzene rings is 2. The van der Waals surface area contributed by atoms with Crippen molar-refractivity contribution in [3.8, 4) is 5.75 Å². The van der Waals surface area contributed by atoms with Gasteiger partial charge in [0.2, 0.25) is 0 Å². The largest absolute Gasteiger partial charge is 0.497 e. The number of rotatable bonds is 3. The Labute approximate surface area is 206 Å². The van der Waals surface area contributed by atoms with Gasteiger partial charge < -0.3 is 9.47 Å². The number of aromatic nitrogens is 1. The molecule has 8 heteroatoms. The quantitative estimate of drug-likeness (QED) is 0.460. The molecule has 0 spiro atoms. The summed E-state index contributed by atoms with van der Waals surface area (Å²) in [6.07, 6.45) is 1.68. The van der Waals surface area contributed by atoms with E-state index in [9.17, 15) is 9.59 Å². The number of nitrogens with zero attached hydrogens (tertiary/aromatic N) is 2. The SMILES string of the molecule is COc1cccc(C2C3=C(OC4CCC(Cl)CC4C3=O)C(=O)N2c2nc3ccc(C)cc3s2)c1. The molecule has 0 N–H and O–H groups in total. The number of amides is 1. The van der Waals surface area contributed by atoms with Gasteiger partial charge in [-0.2, -0.15) is 0 Å². The first-order valence-electron chi connectivity index (χ1n) is 11.4. The first-order valence-corrected chi connectivity index (χ1v) is 12.6. The zero-order chi connectivity index (χ0) is 23.6. The van der Waals surface area contributed by atoms with Crippen molar-refractivity contribution in [2.75, 3.05) is 12.0 Å². The second-order valence-electron chi connectivity index (χ2n) is 9.10. The molecule has 1 aliphatic carbocycles. The molecule has 4 unspecified atom stereocenters. The van der Waals surface area contributed by atoms with Crippen molar-refractivity contribution in [2.45, 2.75) is 43.7 Å². The molecule has 34 heavy (non-hydrogen) atoms. The Morgan fingerprint density at radius 1 is 1.18 bits per heavy atom. The highest BCUT2D eigenvalue weighted by atomic mass is 35.5. The van der Waals surface area contributed by atoms with E-state index in [0.29, 0.717) is 29.3 Å². The fraction of sp³-hybridized carbons (Fsp3) is 0.346. The summed E-state index contributed by atoms with van der Waals surface area (Å²) in [7, 11) is 1.60. The van der Waals surface area contributed by atoms with E-state index in [2.05, 4.69) is 6.07 Å². The van der Waals surface area contributed by atoms with Crippen LogP contribution in [0.5, 0.6) is 5.75 Å². The topological polar surface area (TPSA) is 68.7 Å². The molecule has 3 aromatic rings. The predicted molar refractivity (Wildman–Crippen MR) is 131 cm³/mol. The van der Waals surface area contributed by atoms with Crippen LogP contribution in [0.25, 0.3) is 10.2 Å². The van der Waals surface area contributed by atoms with E-state index >= 15 is 0 Å². The Balaban J connectivity index is 1.51. The lowest BCUT2D eigenvalue weighted by Crippen LogP contribution is -2.41. The molecule has 1 aromatic heterocycles. The summed E-state index contributed by atoms with van der Waals surface area (Å²) in [4.78, 5) is 34.0. The van der Waals surface area contributed by atoms with Crippen LogP contribution in [0.2, 0.25) is 0 Å². The molecular weight excluding hydrogens is 472 g/mol. The van der Waals surface area contributed by atoms with Gasteiger partial charge in [-0.15, -0.1) is 11.6 Å². The van der Waals surface area contributed by atoms with E-state index in [1.165, 1.54) is 11.3 Å². The first-order chi connectivity index (χ1) is 16.4. The number of hydrogen-bond donors (Lipinski definition) is 0. The molecule has 174 valence electrons. The van der Waals surface area contributed by atoms with Crippen molar-refractivity contribution in [3.63, 3.8) is 0 Å². The Kier molecular flexibility index (Phi) is 5.15. The third kappa shape index (κ3) is 3.33. The number of carbonyl (C=O) groups is 2. The Morgan fingerprint density at radius 2 is 2.03 bits per heavy atom. The maximum atomic E-state index is 13.8. The van der Waals surface area contributed by atoms with Crippen molar-refractivity contribution < 1.29 is 19.1 Å². The van der Waals surface area contributed by atoms with Gasteiger partial charge in [0.15, 0.2) is 16.7 Å². The summed E-state index contributed by atoms with van der Waals surface area (Å²) >= 11 is 7.86. The number of thiazole rings is 1. The fourth-order valence-corrected chi connectivity index (χ4v) is 6.67. The minimum absolute atomic E-state index is 0.0442. The lowest BCUT2D eigenvalue weighted by Gasteiger charge is -2.37. The summed E-state index contributed by atoms with van der Waals surface area (Å²) in [5.74, 6) is 0.103. The summed E-state index contributed by atoms with van der Waals surface area (Å²) in [6, 6.07) is 12.9. The fourth-order valence-electron chi connectivity index (χ4n) is 5.26. The predicted octanol–water partition coefficient (Wildman–Crippen LogP) is 5.33.